The first-order valence-electron chi connectivity index (χ1n) is 11.2. The molecule has 1 aliphatic heterocycles. The van der Waals surface area contributed by atoms with Gasteiger partial charge in [0.2, 0.25) is 10.0 Å². The van der Waals surface area contributed by atoms with Gasteiger partial charge in [0.25, 0.3) is 5.91 Å². The molecule has 2 aromatic carbocycles. The number of aryl methyl sites for hydroxylation is 1. The Kier molecular flexibility index (Phi) is 7.22. The van der Waals surface area contributed by atoms with Crippen molar-refractivity contribution in [3.8, 4) is 11.1 Å². The van der Waals surface area contributed by atoms with Crippen molar-refractivity contribution in [3.63, 3.8) is 0 Å². The fraction of sp³-hybridized carbons (Fsp3) is 0.280. The topological polar surface area (TPSA) is 79.4 Å². The minimum Gasteiger partial charge on any atom is -0.348 e. The zero-order valence-corrected chi connectivity index (χ0v) is 21.3. The molecular formula is C25H22ClF4N3O3S. The Morgan fingerprint density at radius 1 is 1.19 bits per heavy atom. The van der Waals surface area contributed by atoms with Gasteiger partial charge in [-0.3, -0.25) is 4.79 Å². The molecule has 12 heteroatoms. The van der Waals surface area contributed by atoms with E-state index in [0.717, 1.165) is 18.4 Å². The van der Waals surface area contributed by atoms with E-state index in [1.54, 1.807) is 22.6 Å². The molecule has 1 amide bonds. The van der Waals surface area contributed by atoms with Crippen molar-refractivity contribution in [3.05, 3.63) is 81.8 Å². The van der Waals surface area contributed by atoms with Crippen molar-refractivity contribution in [1.29, 1.82) is 0 Å². The normalized spacial score (nSPS) is 16.2. The predicted molar refractivity (Wildman–Crippen MR) is 132 cm³/mol. The lowest BCUT2D eigenvalue weighted by Gasteiger charge is -2.29. The van der Waals surface area contributed by atoms with Crippen molar-refractivity contribution in [1.82, 2.24) is 9.71 Å². The quantitative estimate of drug-likeness (QED) is 0.397. The summed E-state index contributed by atoms with van der Waals surface area (Å²) in [6, 6.07) is 8.70. The predicted octanol–water partition coefficient (Wildman–Crippen LogP) is 5.90. The molecule has 0 radical (unpaired) electrons. The lowest BCUT2D eigenvalue weighted by molar-refractivity contribution is -0.138. The molecule has 1 atom stereocenters. The third-order valence-electron chi connectivity index (χ3n) is 6.12. The van der Waals surface area contributed by atoms with E-state index in [0.29, 0.717) is 41.9 Å². The van der Waals surface area contributed by atoms with Crippen LogP contribution in [0.15, 0.2) is 48.7 Å². The standard InChI is InChI=1S/C25H22ClF4N3O3S/c1-14-10-18(24(34)32-37(2,35)36)21(27)12-17(14)15-11-20(26)23(31-13-15)33-9-5-8-22(33)16-6-3-4-7-19(16)25(28,29)30/h3-4,6-7,10-13,22H,5,8-9H2,1-2H3,(H,32,34)/t22-/m1/s1. The summed E-state index contributed by atoms with van der Waals surface area (Å²) in [6.45, 7) is 2.07. The molecule has 1 fully saturated rings. The molecular weight excluding hydrogens is 534 g/mol. The molecule has 37 heavy (non-hydrogen) atoms. The lowest BCUT2D eigenvalue weighted by Crippen LogP contribution is -2.30. The van der Waals surface area contributed by atoms with Crippen LogP contribution in [0.2, 0.25) is 5.02 Å². The van der Waals surface area contributed by atoms with Gasteiger partial charge in [0.15, 0.2) is 0 Å². The number of nitrogens with one attached hydrogen (secondary N) is 1. The molecule has 0 bridgehead atoms. The number of sulfonamides is 1. The zero-order chi connectivity index (χ0) is 27.1. The summed E-state index contributed by atoms with van der Waals surface area (Å²) in [5.74, 6) is -1.72. The maximum Gasteiger partial charge on any atom is 0.416 e. The van der Waals surface area contributed by atoms with Gasteiger partial charge in [-0.2, -0.15) is 13.2 Å². The van der Waals surface area contributed by atoms with Gasteiger partial charge >= 0.3 is 6.18 Å². The number of pyridine rings is 1. The number of rotatable bonds is 5. The van der Waals surface area contributed by atoms with Crippen LogP contribution in [0.4, 0.5) is 23.4 Å². The third kappa shape index (κ3) is 5.72. The number of carbonyl (C=O) groups excluding carboxylic acids is 1. The van der Waals surface area contributed by atoms with Crippen LogP contribution in [-0.2, 0) is 16.2 Å². The third-order valence-corrected chi connectivity index (χ3v) is 6.95. The van der Waals surface area contributed by atoms with Gasteiger partial charge in [-0.25, -0.2) is 22.5 Å². The number of hydrogen-bond acceptors (Lipinski definition) is 5. The first-order valence-corrected chi connectivity index (χ1v) is 13.4. The first-order chi connectivity index (χ1) is 17.3. The van der Waals surface area contributed by atoms with Crippen molar-refractivity contribution in [2.75, 3.05) is 17.7 Å². The maximum atomic E-state index is 14.7. The first kappa shape index (κ1) is 26.9. The number of carbonyl (C=O) groups is 1. The number of nitrogens with zero attached hydrogens (tertiary/aromatic N) is 2. The second kappa shape index (κ2) is 9.94. The van der Waals surface area contributed by atoms with Crippen LogP contribution in [0.25, 0.3) is 11.1 Å². The Hall–Kier alpha value is -3.18. The van der Waals surface area contributed by atoms with E-state index in [9.17, 15) is 30.8 Å². The van der Waals surface area contributed by atoms with Crippen molar-refractivity contribution in [2.45, 2.75) is 32.0 Å². The smallest absolute Gasteiger partial charge is 0.348 e. The average Bonchev–Trinajstić information content (AvgIpc) is 3.28. The monoisotopic (exact) mass is 555 g/mol. The summed E-state index contributed by atoms with van der Waals surface area (Å²) in [5, 5.41) is 0.174. The lowest BCUT2D eigenvalue weighted by atomic mass is 9.97. The summed E-state index contributed by atoms with van der Waals surface area (Å²) in [4.78, 5) is 18.3. The number of aromatic nitrogens is 1. The molecule has 1 N–H and O–H groups in total. The molecule has 0 aliphatic carbocycles. The van der Waals surface area contributed by atoms with Crippen LogP contribution in [0.5, 0.6) is 0 Å². The molecule has 0 unspecified atom stereocenters. The minimum atomic E-state index is -4.50. The second-order valence-corrected chi connectivity index (χ2v) is 11.0. The highest BCUT2D eigenvalue weighted by atomic mass is 35.5. The highest BCUT2D eigenvalue weighted by Crippen LogP contribution is 2.43. The van der Waals surface area contributed by atoms with Gasteiger partial charge < -0.3 is 4.90 Å². The number of anilines is 1. The van der Waals surface area contributed by atoms with Crippen LogP contribution in [-0.4, -0.2) is 32.1 Å². The largest absolute Gasteiger partial charge is 0.416 e. The molecule has 0 spiro atoms. The summed E-state index contributed by atoms with van der Waals surface area (Å²) in [5.41, 5.74) is 0.261. The Bertz CT molecular complexity index is 1480. The van der Waals surface area contributed by atoms with Crippen LogP contribution < -0.4 is 9.62 Å². The van der Waals surface area contributed by atoms with Crippen LogP contribution in [0, 0.1) is 12.7 Å². The Balaban J connectivity index is 1.67. The molecule has 196 valence electrons. The maximum absolute atomic E-state index is 14.7. The van der Waals surface area contributed by atoms with Gasteiger partial charge in [-0.05, 0) is 60.7 Å². The van der Waals surface area contributed by atoms with E-state index in [1.165, 1.54) is 30.5 Å². The summed E-state index contributed by atoms with van der Waals surface area (Å²) in [6.07, 6.45) is -1.14. The van der Waals surface area contributed by atoms with Gasteiger partial charge in [0.05, 0.1) is 28.4 Å². The molecule has 1 aliphatic rings. The molecule has 0 saturated carbocycles. The Morgan fingerprint density at radius 2 is 1.89 bits per heavy atom. The molecule has 6 nitrogen and oxygen atoms in total. The van der Waals surface area contributed by atoms with Crippen LogP contribution in [0.1, 0.15) is 45.9 Å². The van der Waals surface area contributed by atoms with E-state index in [-0.39, 0.29) is 10.6 Å². The minimum absolute atomic E-state index is 0.148. The number of alkyl halides is 3. The average molecular weight is 556 g/mol. The van der Waals surface area contributed by atoms with Crippen molar-refractivity contribution >= 4 is 33.3 Å². The number of amides is 1. The van der Waals surface area contributed by atoms with Crippen molar-refractivity contribution < 1.29 is 30.8 Å². The molecule has 4 rings (SSSR count). The molecule has 2 heterocycles. The van der Waals surface area contributed by atoms with E-state index in [2.05, 4.69) is 4.98 Å². The summed E-state index contributed by atoms with van der Waals surface area (Å²) < 4.78 is 80.0. The highest BCUT2D eigenvalue weighted by molar-refractivity contribution is 7.89. The SMILES string of the molecule is Cc1cc(C(=O)NS(C)(=O)=O)c(F)cc1-c1cnc(N2CCC[C@@H]2c2ccccc2C(F)(F)F)c(Cl)c1. The molecule has 1 saturated heterocycles. The Morgan fingerprint density at radius 3 is 2.54 bits per heavy atom. The van der Waals surface area contributed by atoms with Gasteiger partial charge in [0.1, 0.15) is 11.6 Å². The summed E-state index contributed by atoms with van der Waals surface area (Å²) >= 11 is 6.54. The zero-order valence-electron chi connectivity index (χ0n) is 19.7. The summed E-state index contributed by atoms with van der Waals surface area (Å²) in [7, 11) is -3.88. The van der Waals surface area contributed by atoms with E-state index in [1.807, 2.05) is 0 Å². The fourth-order valence-electron chi connectivity index (χ4n) is 4.57. The second-order valence-electron chi connectivity index (χ2n) is 8.82. The van der Waals surface area contributed by atoms with Gasteiger partial charge in [-0.15, -0.1) is 0 Å². The van der Waals surface area contributed by atoms with Crippen LogP contribution >= 0.6 is 11.6 Å². The molecule has 3 aromatic rings. The highest BCUT2D eigenvalue weighted by Gasteiger charge is 2.38. The van der Waals surface area contributed by atoms with Gasteiger partial charge in [-0.1, -0.05) is 29.8 Å². The number of hydrogen-bond donors (Lipinski definition) is 1. The number of halogens is 5. The van der Waals surface area contributed by atoms with Gasteiger partial charge in [0, 0.05) is 18.3 Å². The number of benzene rings is 2. The fourth-order valence-corrected chi connectivity index (χ4v) is 5.29. The Labute approximate surface area is 216 Å². The van der Waals surface area contributed by atoms with E-state index >= 15 is 0 Å². The van der Waals surface area contributed by atoms with E-state index < -0.39 is 45.1 Å². The van der Waals surface area contributed by atoms with Crippen LogP contribution in [0.3, 0.4) is 0 Å². The molecule has 1 aromatic heterocycles. The van der Waals surface area contributed by atoms with E-state index in [4.69, 9.17) is 11.6 Å². The van der Waals surface area contributed by atoms with Crippen molar-refractivity contribution in [2.24, 2.45) is 0 Å².